The number of carbonyl (C=O) groups is 2. The molecule has 5 rings (SSSR count). The van der Waals surface area contributed by atoms with Gasteiger partial charge in [-0.25, -0.2) is 0 Å². The van der Waals surface area contributed by atoms with Gasteiger partial charge in [-0.3, -0.25) is 19.5 Å². The molecule has 2 aliphatic heterocycles. The van der Waals surface area contributed by atoms with E-state index in [-0.39, 0.29) is 23.8 Å². The topological polar surface area (TPSA) is 71.5 Å². The van der Waals surface area contributed by atoms with Crippen LogP contribution in [0.2, 0.25) is 0 Å². The molecule has 6 heteroatoms. The van der Waals surface area contributed by atoms with Gasteiger partial charge in [-0.05, 0) is 50.7 Å². The number of nitrogens with zero attached hydrogens (tertiary/aromatic N) is 2. The van der Waals surface area contributed by atoms with Crippen LogP contribution in [0, 0.1) is 5.92 Å². The standard InChI is InChI=1S/C18H21N3O3/c1-17(11-8-9-11)16(23)20-18(24-12-5-2-3-6-12)14-13(7-4-10-19-14)15(22)21(17)18/h4,7,10-12H,2-3,5-6,8-9H2,1H3,(H,20,23). The molecule has 24 heavy (non-hydrogen) atoms. The van der Waals surface area contributed by atoms with Crippen molar-refractivity contribution < 1.29 is 14.3 Å². The molecule has 1 N–H and O–H groups in total. The van der Waals surface area contributed by atoms with Crippen LogP contribution in [0.3, 0.4) is 0 Å². The molecule has 6 nitrogen and oxygen atoms in total. The van der Waals surface area contributed by atoms with Crippen molar-refractivity contribution >= 4 is 11.8 Å². The number of fused-ring (bicyclic) bond motifs is 3. The largest absolute Gasteiger partial charge is 0.330 e. The van der Waals surface area contributed by atoms with Gasteiger partial charge in [-0.15, -0.1) is 0 Å². The van der Waals surface area contributed by atoms with Gasteiger partial charge in [-0.1, -0.05) is 12.8 Å². The summed E-state index contributed by atoms with van der Waals surface area (Å²) in [7, 11) is 0. The van der Waals surface area contributed by atoms with Gasteiger partial charge in [0.25, 0.3) is 11.8 Å². The quantitative estimate of drug-likeness (QED) is 0.920. The molecule has 2 amide bonds. The second-order valence-corrected chi connectivity index (χ2v) is 7.58. The molecule has 0 spiro atoms. The van der Waals surface area contributed by atoms with E-state index in [1.165, 1.54) is 0 Å². The molecule has 126 valence electrons. The average molecular weight is 327 g/mol. The molecule has 1 aromatic heterocycles. The van der Waals surface area contributed by atoms with Gasteiger partial charge >= 0.3 is 0 Å². The first-order valence-corrected chi connectivity index (χ1v) is 8.88. The van der Waals surface area contributed by atoms with Gasteiger partial charge < -0.3 is 10.1 Å². The molecular weight excluding hydrogens is 306 g/mol. The van der Waals surface area contributed by atoms with Gasteiger partial charge in [0, 0.05) is 6.20 Å². The fourth-order valence-electron chi connectivity index (χ4n) is 4.65. The van der Waals surface area contributed by atoms with Crippen LogP contribution in [0.25, 0.3) is 0 Å². The van der Waals surface area contributed by atoms with Crippen LogP contribution in [-0.4, -0.2) is 33.3 Å². The summed E-state index contributed by atoms with van der Waals surface area (Å²) >= 11 is 0. The van der Waals surface area contributed by atoms with Crippen LogP contribution >= 0.6 is 0 Å². The van der Waals surface area contributed by atoms with Crippen LogP contribution in [-0.2, 0) is 15.4 Å². The lowest BCUT2D eigenvalue weighted by Gasteiger charge is -2.38. The molecule has 0 radical (unpaired) electrons. The SMILES string of the molecule is CC1(C2CC2)C(=O)NC2(OC3CCCC3)c3ncccc3C(=O)N21. The molecule has 4 aliphatic rings. The zero-order valence-corrected chi connectivity index (χ0v) is 13.7. The van der Waals surface area contributed by atoms with E-state index in [1.54, 1.807) is 23.2 Å². The Labute approximate surface area is 140 Å². The van der Waals surface area contributed by atoms with Crippen molar-refractivity contribution in [3.05, 3.63) is 29.6 Å². The Hall–Kier alpha value is -1.95. The first kappa shape index (κ1) is 14.4. The number of amides is 2. The van der Waals surface area contributed by atoms with E-state index in [4.69, 9.17) is 4.74 Å². The highest BCUT2D eigenvalue weighted by molar-refractivity contribution is 6.06. The zero-order valence-electron chi connectivity index (χ0n) is 13.7. The Morgan fingerprint density at radius 1 is 1.25 bits per heavy atom. The highest BCUT2D eigenvalue weighted by atomic mass is 16.6. The van der Waals surface area contributed by atoms with E-state index >= 15 is 0 Å². The molecule has 1 aromatic rings. The number of ether oxygens (including phenoxy) is 1. The molecule has 2 aliphatic carbocycles. The Bertz CT molecular complexity index is 741. The lowest BCUT2D eigenvalue weighted by atomic mass is 9.94. The normalized spacial score (nSPS) is 35.3. The molecule has 2 atom stereocenters. The third-order valence-corrected chi connectivity index (χ3v) is 6.10. The predicted molar refractivity (Wildman–Crippen MR) is 84.7 cm³/mol. The van der Waals surface area contributed by atoms with Gasteiger partial charge in [0.05, 0.1) is 11.7 Å². The Morgan fingerprint density at radius 3 is 2.71 bits per heavy atom. The van der Waals surface area contributed by atoms with Crippen molar-refractivity contribution in [3.63, 3.8) is 0 Å². The smallest absolute Gasteiger partial charge is 0.271 e. The summed E-state index contributed by atoms with van der Waals surface area (Å²) in [5.41, 5.74) is 0.234. The molecule has 1 saturated heterocycles. The Kier molecular flexibility index (Phi) is 2.74. The summed E-state index contributed by atoms with van der Waals surface area (Å²) < 4.78 is 6.44. The van der Waals surface area contributed by atoms with Gasteiger partial charge in [0.1, 0.15) is 11.2 Å². The van der Waals surface area contributed by atoms with E-state index < -0.39 is 11.4 Å². The maximum atomic E-state index is 13.2. The summed E-state index contributed by atoms with van der Waals surface area (Å²) in [6, 6.07) is 3.54. The number of rotatable bonds is 3. The molecule has 3 fully saturated rings. The fourth-order valence-corrected chi connectivity index (χ4v) is 4.65. The van der Waals surface area contributed by atoms with Crippen LogP contribution in [0.1, 0.15) is 61.5 Å². The zero-order chi connectivity index (χ0) is 16.5. The first-order chi connectivity index (χ1) is 11.6. The van der Waals surface area contributed by atoms with Crippen LogP contribution in [0.4, 0.5) is 0 Å². The van der Waals surface area contributed by atoms with Crippen molar-refractivity contribution in [2.45, 2.75) is 62.9 Å². The summed E-state index contributed by atoms with van der Waals surface area (Å²) in [5.74, 6) is -1.29. The Morgan fingerprint density at radius 2 is 2.00 bits per heavy atom. The minimum absolute atomic E-state index is 0.0510. The molecule has 2 unspecified atom stereocenters. The maximum Gasteiger partial charge on any atom is 0.271 e. The lowest BCUT2D eigenvalue weighted by Crippen LogP contribution is -2.56. The monoisotopic (exact) mass is 327 g/mol. The minimum atomic E-state index is -1.23. The molecule has 2 saturated carbocycles. The van der Waals surface area contributed by atoms with E-state index in [9.17, 15) is 9.59 Å². The minimum Gasteiger partial charge on any atom is -0.330 e. The summed E-state index contributed by atoms with van der Waals surface area (Å²) in [6.45, 7) is 1.88. The third kappa shape index (κ3) is 1.62. The van der Waals surface area contributed by atoms with Crippen LogP contribution in [0.5, 0.6) is 0 Å². The van der Waals surface area contributed by atoms with Gasteiger partial charge in [-0.2, -0.15) is 0 Å². The first-order valence-electron chi connectivity index (χ1n) is 8.88. The summed E-state index contributed by atoms with van der Waals surface area (Å²) in [6.07, 6.45) is 7.82. The molecular formula is C18H21N3O3. The van der Waals surface area contributed by atoms with Crippen LogP contribution < -0.4 is 5.32 Å². The number of carbonyl (C=O) groups excluding carboxylic acids is 2. The van der Waals surface area contributed by atoms with Crippen LogP contribution in [0.15, 0.2) is 18.3 Å². The third-order valence-electron chi connectivity index (χ3n) is 6.10. The average Bonchev–Trinajstić information content (AvgIpc) is 3.21. The van der Waals surface area contributed by atoms with E-state index in [2.05, 4.69) is 10.3 Å². The lowest BCUT2D eigenvalue weighted by molar-refractivity contribution is -0.184. The second kappa shape index (κ2) is 4.57. The highest BCUT2D eigenvalue weighted by Gasteiger charge is 2.71. The summed E-state index contributed by atoms with van der Waals surface area (Å²) in [4.78, 5) is 32.2. The Balaban J connectivity index is 1.67. The van der Waals surface area contributed by atoms with E-state index in [0.29, 0.717) is 11.3 Å². The van der Waals surface area contributed by atoms with Crippen molar-refractivity contribution in [1.82, 2.24) is 15.2 Å². The predicted octanol–water partition coefficient (Wildman–Crippen LogP) is 1.91. The van der Waals surface area contributed by atoms with Gasteiger partial charge in [0.15, 0.2) is 0 Å². The molecule has 0 aromatic carbocycles. The van der Waals surface area contributed by atoms with Crippen molar-refractivity contribution in [2.75, 3.05) is 0 Å². The molecule has 3 heterocycles. The number of aromatic nitrogens is 1. The van der Waals surface area contributed by atoms with E-state index in [1.807, 2.05) is 6.92 Å². The fraction of sp³-hybridized carbons (Fsp3) is 0.611. The number of hydrogen-bond donors (Lipinski definition) is 1. The van der Waals surface area contributed by atoms with Crippen molar-refractivity contribution in [3.8, 4) is 0 Å². The van der Waals surface area contributed by atoms with Gasteiger partial charge in [0.2, 0.25) is 5.91 Å². The summed E-state index contributed by atoms with van der Waals surface area (Å²) in [5, 5.41) is 3.04. The highest BCUT2D eigenvalue weighted by Crippen LogP contribution is 2.55. The second-order valence-electron chi connectivity index (χ2n) is 7.58. The number of nitrogens with one attached hydrogen (secondary N) is 1. The number of hydrogen-bond acceptors (Lipinski definition) is 4. The van der Waals surface area contributed by atoms with E-state index in [0.717, 1.165) is 38.5 Å². The number of pyridine rings is 1. The molecule has 0 bridgehead atoms. The van der Waals surface area contributed by atoms with Crippen molar-refractivity contribution in [1.29, 1.82) is 0 Å². The van der Waals surface area contributed by atoms with Crippen molar-refractivity contribution in [2.24, 2.45) is 5.92 Å². The maximum absolute atomic E-state index is 13.2.